The molecule has 1 aliphatic heterocycles. The third-order valence-corrected chi connectivity index (χ3v) is 5.46. The summed E-state index contributed by atoms with van der Waals surface area (Å²) in [4.78, 5) is 30.3. The van der Waals surface area contributed by atoms with Gasteiger partial charge in [0, 0.05) is 35.8 Å². The molecule has 2 amide bonds. The van der Waals surface area contributed by atoms with Gasteiger partial charge >= 0.3 is 0 Å². The van der Waals surface area contributed by atoms with Crippen LogP contribution >= 0.6 is 11.3 Å². The monoisotopic (exact) mass is 377 g/mol. The molecule has 2 heterocycles. The quantitative estimate of drug-likeness (QED) is 0.750. The highest BCUT2D eigenvalue weighted by Gasteiger charge is 2.24. The minimum absolute atomic E-state index is 0.0813. The summed E-state index contributed by atoms with van der Waals surface area (Å²) < 4.78 is 0. The van der Waals surface area contributed by atoms with Crippen molar-refractivity contribution in [2.24, 2.45) is 0 Å². The van der Waals surface area contributed by atoms with Gasteiger partial charge < -0.3 is 10.2 Å². The summed E-state index contributed by atoms with van der Waals surface area (Å²) in [6.07, 6.45) is 1.21. The number of nitrogens with zero attached hydrogens (tertiary/aromatic N) is 2. The summed E-state index contributed by atoms with van der Waals surface area (Å²) in [6.45, 7) is 2.22. The molecule has 0 aliphatic carbocycles. The molecule has 0 unspecified atom stereocenters. The van der Waals surface area contributed by atoms with Crippen molar-refractivity contribution in [1.29, 1.82) is 0 Å². The first-order valence-corrected chi connectivity index (χ1v) is 9.69. The van der Waals surface area contributed by atoms with Crippen LogP contribution in [0.5, 0.6) is 0 Å². The van der Waals surface area contributed by atoms with E-state index in [0.717, 1.165) is 40.6 Å². The molecule has 0 saturated carbocycles. The molecular formula is C21H19N3O2S. The Bertz CT molecular complexity index is 995. The lowest BCUT2D eigenvalue weighted by Crippen LogP contribution is -2.30. The first-order chi connectivity index (χ1) is 13.1. The Balaban J connectivity index is 1.45. The van der Waals surface area contributed by atoms with Gasteiger partial charge in [-0.05, 0) is 42.3 Å². The van der Waals surface area contributed by atoms with Crippen LogP contribution in [-0.2, 0) is 22.4 Å². The number of hydrogen-bond acceptors (Lipinski definition) is 4. The van der Waals surface area contributed by atoms with E-state index in [1.54, 1.807) is 0 Å². The van der Waals surface area contributed by atoms with Gasteiger partial charge in [-0.2, -0.15) is 0 Å². The Hall–Kier alpha value is -2.99. The average molecular weight is 377 g/mol. The van der Waals surface area contributed by atoms with Crippen LogP contribution < -0.4 is 10.2 Å². The number of para-hydroxylation sites is 1. The van der Waals surface area contributed by atoms with E-state index in [-0.39, 0.29) is 11.8 Å². The van der Waals surface area contributed by atoms with Crippen LogP contribution in [0.4, 0.5) is 11.4 Å². The number of carbonyl (C=O) groups excluding carboxylic acids is 2. The fraction of sp³-hybridized carbons (Fsp3) is 0.190. The van der Waals surface area contributed by atoms with Crippen LogP contribution in [0.2, 0.25) is 0 Å². The maximum absolute atomic E-state index is 12.7. The number of amides is 2. The summed E-state index contributed by atoms with van der Waals surface area (Å²) in [5.74, 6) is -0.0147. The van der Waals surface area contributed by atoms with Gasteiger partial charge in [0.15, 0.2) is 0 Å². The minimum Gasteiger partial charge on any atom is -0.326 e. The molecule has 0 saturated heterocycles. The van der Waals surface area contributed by atoms with Gasteiger partial charge in [-0.1, -0.05) is 18.2 Å². The van der Waals surface area contributed by atoms with Gasteiger partial charge in [-0.15, -0.1) is 11.3 Å². The molecular weight excluding hydrogens is 358 g/mol. The Labute approximate surface area is 161 Å². The van der Waals surface area contributed by atoms with Crippen LogP contribution in [0.3, 0.4) is 0 Å². The van der Waals surface area contributed by atoms with Crippen LogP contribution in [0, 0.1) is 0 Å². The highest BCUT2D eigenvalue weighted by Crippen LogP contribution is 2.29. The topological polar surface area (TPSA) is 62.3 Å². The van der Waals surface area contributed by atoms with Crippen LogP contribution in [0.1, 0.15) is 18.2 Å². The molecule has 1 aliphatic rings. The second-order valence-electron chi connectivity index (χ2n) is 6.50. The van der Waals surface area contributed by atoms with Crippen molar-refractivity contribution in [3.05, 3.63) is 65.2 Å². The lowest BCUT2D eigenvalue weighted by molar-refractivity contribution is -0.118. The van der Waals surface area contributed by atoms with E-state index in [4.69, 9.17) is 0 Å². The predicted octanol–water partition coefficient (Wildman–Crippen LogP) is 3.90. The third kappa shape index (κ3) is 3.75. The zero-order valence-electron chi connectivity index (χ0n) is 14.9. The summed E-state index contributed by atoms with van der Waals surface area (Å²) in [6, 6.07) is 15.6. The highest BCUT2D eigenvalue weighted by atomic mass is 32.1. The minimum atomic E-state index is -0.0960. The van der Waals surface area contributed by atoms with Gasteiger partial charge in [0.2, 0.25) is 11.8 Å². The highest BCUT2D eigenvalue weighted by molar-refractivity contribution is 7.13. The molecule has 0 fully saturated rings. The Morgan fingerprint density at radius 1 is 1.15 bits per heavy atom. The molecule has 1 aromatic heterocycles. The number of carbonyl (C=O) groups is 2. The second kappa shape index (κ2) is 7.32. The molecule has 1 N–H and O–H groups in total. The van der Waals surface area contributed by atoms with Crippen molar-refractivity contribution >= 4 is 34.5 Å². The van der Waals surface area contributed by atoms with Crippen LogP contribution in [0.25, 0.3) is 10.6 Å². The number of anilines is 2. The normalized spacial score (nSPS) is 12.7. The molecule has 0 radical (unpaired) electrons. The molecule has 0 bridgehead atoms. The molecule has 0 spiro atoms. The molecule has 136 valence electrons. The Morgan fingerprint density at radius 2 is 1.93 bits per heavy atom. The predicted molar refractivity (Wildman–Crippen MR) is 108 cm³/mol. The molecule has 6 heteroatoms. The number of aromatic nitrogens is 1. The maximum atomic E-state index is 12.7. The largest absolute Gasteiger partial charge is 0.326 e. The molecule has 4 rings (SSSR count). The van der Waals surface area contributed by atoms with E-state index in [1.807, 2.05) is 52.7 Å². The number of thiazole rings is 1. The van der Waals surface area contributed by atoms with E-state index in [0.29, 0.717) is 6.42 Å². The number of hydrogen-bond donors (Lipinski definition) is 1. The van der Waals surface area contributed by atoms with Crippen LogP contribution in [-0.4, -0.2) is 23.3 Å². The zero-order valence-corrected chi connectivity index (χ0v) is 15.8. The number of benzene rings is 2. The number of fused-ring (bicyclic) bond motifs is 1. The fourth-order valence-electron chi connectivity index (χ4n) is 3.27. The molecule has 3 aromatic rings. The lowest BCUT2D eigenvalue weighted by Gasteiger charge is -2.16. The smallest absolute Gasteiger partial charge is 0.233 e. The number of rotatable bonds is 4. The Morgan fingerprint density at radius 3 is 2.70 bits per heavy atom. The molecule has 27 heavy (non-hydrogen) atoms. The van der Waals surface area contributed by atoms with E-state index in [1.165, 1.54) is 23.8 Å². The summed E-state index contributed by atoms with van der Waals surface area (Å²) in [7, 11) is 0. The van der Waals surface area contributed by atoms with Gasteiger partial charge in [-0.3, -0.25) is 9.59 Å². The van der Waals surface area contributed by atoms with Gasteiger partial charge in [-0.25, -0.2) is 4.98 Å². The first-order valence-electron chi connectivity index (χ1n) is 8.81. The van der Waals surface area contributed by atoms with Crippen molar-refractivity contribution in [3.8, 4) is 10.6 Å². The molecule has 0 atom stereocenters. The van der Waals surface area contributed by atoms with Crippen molar-refractivity contribution in [2.45, 2.75) is 19.8 Å². The van der Waals surface area contributed by atoms with Crippen molar-refractivity contribution < 1.29 is 9.59 Å². The number of nitrogens with one attached hydrogen (secondary N) is 1. The van der Waals surface area contributed by atoms with E-state index in [9.17, 15) is 9.59 Å². The standard InChI is InChI=1S/C21H19N3O2S/c1-14(25)22-17-8-6-16(7-9-17)21-23-18(13-27-21)12-20(26)24-11-10-15-4-2-3-5-19(15)24/h2-9,13H,10-12H2,1H3,(H,22,25). The maximum Gasteiger partial charge on any atom is 0.233 e. The Kier molecular flexibility index (Phi) is 4.73. The van der Waals surface area contributed by atoms with Crippen LogP contribution in [0.15, 0.2) is 53.9 Å². The SMILES string of the molecule is CC(=O)Nc1ccc(-c2nc(CC(=O)N3CCc4ccccc43)cs2)cc1. The summed E-state index contributed by atoms with van der Waals surface area (Å²) in [5.41, 5.74) is 4.76. The fourth-order valence-corrected chi connectivity index (χ4v) is 4.09. The first kappa shape index (κ1) is 17.4. The zero-order chi connectivity index (χ0) is 18.8. The second-order valence-corrected chi connectivity index (χ2v) is 7.36. The van der Waals surface area contributed by atoms with E-state index < -0.39 is 0 Å². The van der Waals surface area contributed by atoms with Crippen molar-refractivity contribution in [2.75, 3.05) is 16.8 Å². The molecule has 5 nitrogen and oxygen atoms in total. The van der Waals surface area contributed by atoms with E-state index >= 15 is 0 Å². The van der Waals surface area contributed by atoms with E-state index in [2.05, 4.69) is 16.4 Å². The lowest BCUT2D eigenvalue weighted by atomic mass is 10.2. The van der Waals surface area contributed by atoms with Gasteiger partial charge in [0.25, 0.3) is 0 Å². The van der Waals surface area contributed by atoms with Crippen molar-refractivity contribution in [3.63, 3.8) is 0 Å². The third-order valence-electron chi connectivity index (χ3n) is 4.52. The van der Waals surface area contributed by atoms with Gasteiger partial charge in [0.1, 0.15) is 5.01 Å². The van der Waals surface area contributed by atoms with Crippen molar-refractivity contribution in [1.82, 2.24) is 4.98 Å². The summed E-state index contributed by atoms with van der Waals surface area (Å²) in [5, 5.41) is 5.56. The summed E-state index contributed by atoms with van der Waals surface area (Å²) >= 11 is 1.52. The molecule has 2 aromatic carbocycles. The van der Waals surface area contributed by atoms with Gasteiger partial charge in [0.05, 0.1) is 12.1 Å². The average Bonchev–Trinajstić information content (AvgIpc) is 3.29.